The topological polar surface area (TPSA) is 76.6 Å². The lowest BCUT2D eigenvalue weighted by atomic mass is 10.3. The standard InChI is InChI=1S/C10H10BrFN2O4S/c1-18-10-8(2-6(11)4-13-10)14-5-7(3-9(14)15)19(12,16)17/h2,4,7H,3,5H2,1H3. The van der Waals surface area contributed by atoms with Crippen molar-refractivity contribution in [3.63, 3.8) is 0 Å². The Labute approximate surface area is 117 Å². The number of ether oxygens (including phenoxy) is 1. The average Bonchev–Trinajstić information content (AvgIpc) is 2.71. The summed E-state index contributed by atoms with van der Waals surface area (Å²) < 4.78 is 40.3. The lowest BCUT2D eigenvalue weighted by Crippen LogP contribution is -2.27. The SMILES string of the molecule is COc1ncc(Br)cc1N1CC(S(=O)(=O)F)CC1=O. The molecule has 0 saturated carbocycles. The van der Waals surface area contributed by atoms with E-state index >= 15 is 0 Å². The Balaban J connectivity index is 2.38. The van der Waals surface area contributed by atoms with E-state index in [9.17, 15) is 17.1 Å². The Kier molecular flexibility index (Phi) is 3.77. The molecule has 1 fully saturated rings. The maximum atomic E-state index is 13.0. The van der Waals surface area contributed by atoms with Crippen molar-refractivity contribution in [1.82, 2.24) is 4.98 Å². The van der Waals surface area contributed by atoms with Crippen molar-refractivity contribution in [3.05, 3.63) is 16.7 Å². The van der Waals surface area contributed by atoms with E-state index in [1.165, 1.54) is 18.2 Å². The number of pyridine rings is 1. The van der Waals surface area contributed by atoms with Crippen molar-refractivity contribution in [3.8, 4) is 5.88 Å². The summed E-state index contributed by atoms with van der Waals surface area (Å²) in [4.78, 5) is 16.9. The molecule has 0 aliphatic carbocycles. The minimum atomic E-state index is -4.74. The van der Waals surface area contributed by atoms with Gasteiger partial charge in [-0.15, -0.1) is 3.89 Å². The molecule has 2 heterocycles. The average molecular weight is 353 g/mol. The molecule has 1 aromatic rings. The van der Waals surface area contributed by atoms with Crippen molar-refractivity contribution in [1.29, 1.82) is 0 Å². The van der Waals surface area contributed by atoms with Gasteiger partial charge in [0.2, 0.25) is 11.8 Å². The van der Waals surface area contributed by atoms with Crippen LogP contribution < -0.4 is 9.64 Å². The van der Waals surface area contributed by atoms with Crippen LogP contribution in [0.2, 0.25) is 0 Å². The summed E-state index contributed by atoms with van der Waals surface area (Å²) in [6.07, 6.45) is 1.10. The second kappa shape index (κ2) is 5.04. The third kappa shape index (κ3) is 2.86. The third-order valence-electron chi connectivity index (χ3n) is 2.77. The van der Waals surface area contributed by atoms with Crippen LogP contribution in [0.15, 0.2) is 16.7 Å². The molecule has 19 heavy (non-hydrogen) atoms. The first-order chi connectivity index (χ1) is 8.82. The second-order valence-electron chi connectivity index (χ2n) is 3.99. The summed E-state index contributed by atoms with van der Waals surface area (Å²) in [6, 6.07) is 1.57. The zero-order chi connectivity index (χ0) is 14.2. The molecule has 0 spiro atoms. The zero-order valence-electron chi connectivity index (χ0n) is 9.84. The van der Waals surface area contributed by atoms with Crippen LogP contribution in [0.1, 0.15) is 6.42 Å². The zero-order valence-corrected chi connectivity index (χ0v) is 12.2. The van der Waals surface area contributed by atoms with E-state index in [-0.39, 0.29) is 18.8 Å². The molecule has 0 N–H and O–H groups in total. The number of nitrogens with zero attached hydrogens (tertiary/aromatic N) is 2. The van der Waals surface area contributed by atoms with Crippen molar-refractivity contribution < 1.29 is 21.8 Å². The lowest BCUT2D eigenvalue weighted by Gasteiger charge is -2.18. The normalized spacial score (nSPS) is 19.8. The van der Waals surface area contributed by atoms with Gasteiger partial charge in [-0.25, -0.2) is 4.98 Å². The summed E-state index contributed by atoms with van der Waals surface area (Å²) in [7, 11) is -3.36. The van der Waals surface area contributed by atoms with Crippen molar-refractivity contribution in [2.45, 2.75) is 11.7 Å². The molecule has 9 heteroatoms. The number of rotatable bonds is 3. The van der Waals surface area contributed by atoms with E-state index in [1.54, 1.807) is 6.07 Å². The fourth-order valence-corrected chi connectivity index (χ4v) is 2.85. The van der Waals surface area contributed by atoms with E-state index in [1.807, 2.05) is 0 Å². The van der Waals surface area contributed by atoms with Gasteiger partial charge < -0.3 is 9.64 Å². The molecule has 104 valence electrons. The van der Waals surface area contributed by atoms with Crippen LogP contribution in [0, 0.1) is 0 Å². The van der Waals surface area contributed by atoms with Crippen LogP contribution >= 0.6 is 15.9 Å². The van der Waals surface area contributed by atoms with Crippen molar-refractivity contribution >= 4 is 37.7 Å². The minimum Gasteiger partial charge on any atom is -0.480 e. The molecule has 2 rings (SSSR count). The summed E-state index contributed by atoms with van der Waals surface area (Å²) in [5.74, 6) is -0.308. The Hall–Kier alpha value is -1.22. The highest BCUT2D eigenvalue weighted by molar-refractivity contribution is 9.10. The number of aromatic nitrogens is 1. The number of carbonyl (C=O) groups excluding carboxylic acids is 1. The van der Waals surface area contributed by atoms with Gasteiger partial charge in [-0.1, -0.05) is 0 Å². The van der Waals surface area contributed by atoms with Gasteiger partial charge in [-0.05, 0) is 22.0 Å². The van der Waals surface area contributed by atoms with E-state index in [2.05, 4.69) is 20.9 Å². The molecular weight excluding hydrogens is 343 g/mol. The maximum Gasteiger partial charge on any atom is 0.307 e. The largest absolute Gasteiger partial charge is 0.480 e. The molecule has 0 bridgehead atoms. The van der Waals surface area contributed by atoms with E-state index in [0.29, 0.717) is 10.2 Å². The number of hydrogen-bond donors (Lipinski definition) is 0. The molecule has 1 unspecified atom stereocenters. The second-order valence-corrected chi connectivity index (χ2v) is 6.52. The number of methoxy groups -OCH3 is 1. The minimum absolute atomic E-state index is 0.174. The Morgan fingerprint density at radius 2 is 2.26 bits per heavy atom. The summed E-state index contributed by atoms with van der Waals surface area (Å²) in [6.45, 7) is -0.244. The lowest BCUT2D eigenvalue weighted by molar-refractivity contribution is -0.117. The molecule has 6 nitrogen and oxygen atoms in total. The highest BCUT2D eigenvalue weighted by Gasteiger charge is 2.40. The van der Waals surface area contributed by atoms with E-state index in [0.717, 1.165) is 0 Å². The molecule has 1 aromatic heterocycles. The number of halogens is 2. The monoisotopic (exact) mass is 352 g/mol. The van der Waals surface area contributed by atoms with Gasteiger partial charge in [-0.3, -0.25) is 4.79 Å². The van der Waals surface area contributed by atoms with Gasteiger partial charge in [0.15, 0.2) is 0 Å². The van der Waals surface area contributed by atoms with Crippen LogP contribution in [0.25, 0.3) is 0 Å². The van der Waals surface area contributed by atoms with Crippen LogP contribution in [0.5, 0.6) is 5.88 Å². The van der Waals surface area contributed by atoms with Crippen LogP contribution in [-0.4, -0.2) is 38.2 Å². The number of hydrogen-bond acceptors (Lipinski definition) is 5. The fraction of sp³-hybridized carbons (Fsp3) is 0.400. The van der Waals surface area contributed by atoms with Crippen molar-refractivity contribution in [2.24, 2.45) is 0 Å². The Morgan fingerprint density at radius 3 is 2.79 bits per heavy atom. The van der Waals surface area contributed by atoms with E-state index in [4.69, 9.17) is 4.74 Å². The smallest absolute Gasteiger partial charge is 0.307 e. The highest BCUT2D eigenvalue weighted by Crippen LogP contribution is 2.33. The van der Waals surface area contributed by atoms with Gasteiger partial charge >= 0.3 is 10.2 Å². The van der Waals surface area contributed by atoms with Crippen LogP contribution in [0.3, 0.4) is 0 Å². The first kappa shape index (κ1) is 14.2. The first-order valence-corrected chi connectivity index (χ1v) is 7.50. The predicted octanol–water partition coefficient (Wildman–Crippen LogP) is 1.26. The maximum absolute atomic E-state index is 13.0. The molecular formula is C10H10BrFN2O4S. The predicted molar refractivity (Wildman–Crippen MR) is 69.3 cm³/mol. The van der Waals surface area contributed by atoms with Gasteiger partial charge in [0.1, 0.15) is 10.9 Å². The van der Waals surface area contributed by atoms with Crippen molar-refractivity contribution in [2.75, 3.05) is 18.6 Å². The molecule has 0 aromatic carbocycles. The Morgan fingerprint density at radius 1 is 1.58 bits per heavy atom. The molecule has 1 amide bonds. The summed E-state index contributed by atoms with van der Waals surface area (Å²) in [5, 5.41) is -1.34. The fourth-order valence-electron chi connectivity index (χ4n) is 1.86. The van der Waals surface area contributed by atoms with Crippen LogP contribution in [-0.2, 0) is 15.0 Å². The molecule has 0 radical (unpaired) electrons. The van der Waals surface area contributed by atoms with E-state index < -0.39 is 21.4 Å². The van der Waals surface area contributed by atoms with Gasteiger partial charge in [0, 0.05) is 23.6 Å². The number of anilines is 1. The first-order valence-electron chi connectivity index (χ1n) is 5.26. The summed E-state index contributed by atoms with van der Waals surface area (Å²) >= 11 is 3.20. The molecule has 1 saturated heterocycles. The molecule has 1 atom stereocenters. The molecule has 1 aliphatic heterocycles. The Bertz CT molecular complexity index is 622. The number of amides is 1. The molecule has 1 aliphatic rings. The van der Waals surface area contributed by atoms with Gasteiger partial charge in [0.05, 0.1) is 7.11 Å². The number of carbonyl (C=O) groups is 1. The third-order valence-corrected chi connectivity index (χ3v) is 4.32. The van der Waals surface area contributed by atoms with Gasteiger partial charge in [0.25, 0.3) is 0 Å². The quantitative estimate of drug-likeness (QED) is 0.765. The highest BCUT2D eigenvalue weighted by atomic mass is 79.9. The van der Waals surface area contributed by atoms with Crippen LogP contribution in [0.4, 0.5) is 9.57 Å². The summed E-state index contributed by atoms with van der Waals surface area (Å²) in [5.41, 5.74) is 0.313. The van der Waals surface area contributed by atoms with Gasteiger partial charge in [-0.2, -0.15) is 8.42 Å².